The van der Waals surface area contributed by atoms with Crippen molar-refractivity contribution < 1.29 is 37.5 Å². The van der Waals surface area contributed by atoms with Crippen LogP contribution >= 0.6 is 0 Å². The maximum Gasteiger partial charge on any atom is 0.316 e. The Morgan fingerprint density at radius 3 is 2.12 bits per heavy atom. The van der Waals surface area contributed by atoms with Crippen LogP contribution in [-0.4, -0.2) is 100 Å². The Morgan fingerprint density at radius 1 is 1.00 bits per heavy atom. The van der Waals surface area contributed by atoms with E-state index in [1.807, 2.05) is 13.8 Å². The molecule has 0 bridgehead atoms. The van der Waals surface area contributed by atoms with Crippen LogP contribution in [-0.2, 0) is 29.0 Å². The average molecular weight is 692 g/mol. The number of amides is 5. The maximum atomic E-state index is 14.2. The van der Waals surface area contributed by atoms with E-state index in [-0.39, 0.29) is 48.4 Å². The predicted octanol–water partition coefficient (Wildman–Crippen LogP) is 1.49. The highest BCUT2D eigenvalue weighted by Gasteiger charge is 2.70. The minimum Gasteiger partial charge on any atom is -0.393 e. The molecule has 0 aromatic rings. The molecule has 4 saturated carbocycles. The first-order valence-corrected chi connectivity index (χ1v) is 18.9. The van der Waals surface area contributed by atoms with E-state index in [2.05, 4.69) is 27.8 Å². The van der Waals surface area contributed by atoms with Gasteiger partial charge < -0.3 is 31.3 Å². The highest BCUT2D eigenvalue weighted by Crippen LogP contribution is 2.65. The number of sulfone groups is 1. The number of nitrogens with one attached hydrogen (secondary N) is 4. The van der Waals surface area contributed by atoms with Gasteiger partial charge in [-0.05, 0) is 76.2 Å². The lowest BCUT2D eigenvalue weighted by atomic mass is 9.70. The van der Waals surface area contributed by atoms with Gasteiger partial charge in [0.1, 0.15) is 17.6 Å². The molecular weight excluding hydrogens is 638 g/mol. The van der Waals surface area contributed by atoms with E-state index in [9.17, 15) is 37.5 Å². The number of nitrogens with zero attached hydrogens (tertiary/aromatic N) is 1. The van der Waals surface area contributed by atoms with Gasteiger partial charge in [-0.3, -0.25) is 19.2 Å². The number of hydrogen-bond acceptors (Lipinski definition) is 8. The van der Waals surface area contributed by atoms with Gasteiger partial charge in [0.05, 0.1) is 22.1 Å². The lowest BCUT2D eigenvalue weighted by Gasteiger charge is -2.45. The summed E-state index contributed by atoms with van der Waals surface area (Å²) < 4.78 is 25.5. The summed E-state index contributed by atoms with van der Waals surface area (Å²) in [5, 5.41) is 21.2. The number of hydrogen-bond donors (Lipinski definition) is 5. The molecule has 0 aromatic heterocycles. The van der Waals surface area contributed by atoms with E-state index in [4.69, 9.17) is 0 Å². The van der Waals surface area contributed by atoms with Gasteiger partial charge in [0.2, 0.25) is 17.6 Å². The van der Waals surface area contributed by atoms with Crippen molar-refractivity contribution in [3.05, 3.63) is 12.2 Å². The third-order valence-corrected chi connectivity index (χ3v) is 14.2. The smallest absolute Gasteiger partial charge is 0.316 e. The van der Waals surface area contributed by atoms with Gasteiger partial charge in [0, 0.05) is 25.4 Å². The predicted molar refractivity (Wildman–Crippen MR) is 178 cm³/mol. The van der Waals surface area contributed by atoms with Crippen LogP contribution in [0.3, 0.4) is 0 Å². The number of aliphatic hydroxyl groups excluding tert-OH is 1. The SMILES string of the molecule is C=C(C)[C@H](NC(=O)NC1(CS(=O)(=O)C(C)(C)C)CCCCC1)C(=O)N1C[C@H]2[C@@H]([C@H]1C(=O)NC1(C(=O)C(=O)NC3CC3)CC(O)C1)C2(C)C. The van der Waals surface area contributed by atoms with E-state index in [0.29, 0.717) is 18.4 Å². The number of rotatable bonds is 11. The second-order valence-electron chi connectivity index (χ2n) is 16.7. The molecule has 5 rings (SSSR count). The summed E-state index contributed by atoms with van der Waals surface area (Å²) in [5.41, 5.74) is -2.47. The molecule has 0 radical (unpaired) electrons. The number of piperidine rings is 1. The second kappa shape index (κ2) is 12.4. The minimum absolute atomic E-state index is 0.00158. The number of urea groups is 1. The summed E-state index contributed by atoms with van der Waals surface area (Å²) in [4.78, 5) is 69.2. The van der Waals surface area contributed by atoms with E-state index >= 15 is 0 Å². The summed E-state index contributed by atoms with van der Waals surface area (Å²) >= 11 is 0. The van der Waals surface area contributed by atoms with Crippen LogP contribution in [0, 0.1) is 17.3 Å². The molecule has 5 amide bonds. The Morgan fingerprint density at radius 2 is 1.60 bits per heavy atom. The van der Waals surface area contributed by atoms with Gasteiger partial charge in [0.15, 0.2) is 9.84 Å². The van der Waals surface area contributed by atoms with Crippen LogP contribution in [0.5, 0.6) is 0 Å². The molecule has 268 valence electrons. The van der Waals surface area contributed by atoms with Crippen LogP contribution in [0.25, 0.3) is 0 Å². The molecular formula is C34H53N5O8S. The van der Waals surface area contributed by atoms with Gasteiger partial charge in [-0.2, -0.15) is 0 Å². The Balaban J connectivity index is 1.33. The Kier molecular flexibility index (Phi) is 9.37. The largest absolute Gasteiger partial charge is 0.393 e. The van der Waals surface area contributed by atoms with Crippen molar-refractivity contribution in [1.82, 2.24) is 26.2 Å². The van der Waals surface area contributed by atoms with Crippen LogP contribution in [0.1, 0.15) is 99.3 Å². The van der Waals surface area contributed by atoms with E-state index in [0.717, 1.165) is 32.1 Å². The lowest BCUT2D eigenvalue weighted by molar-refractivity contribution is -0.152. The van der Waals surface area contributed by atoms with Crippen LogP contribution in [0.4, 0.5) is 4.79 Å². The zero-order chi connectivity index (χ0) is 35.6. The quantitative estimate of drug-likeness (QED) is 0.159. The van der Waals surface area contributed by atoms with Crippen LogP contribution in [0.2, 0.25) is 0 Å². The topological polar surface area (TPSA) is 191 Å². The lowest BCUT2D eigenvalue weighted by Crippen LogP contribution is -2.69. The average Bonchev–Trinajstić information content (AvgIpc) is 3.80. The normalized spacial score (nSPS) is 30.9. The fourth-order valence-corrected chi connectivity index (χ4v) is 9.51. The minimum atomic E-state index is -3.58. The molecule has 1 aliphatic heterocycles. The first-order valence-electron chi connectivity index (χ1n) is 17.3. The number of fused-ring (bicyclic) bond motifs is 1. The molecule has 4 atom stereocenters. The first kappa shape index (κ1) is 36.3. The fraction of sp³-hybridized carbons (Fsp3) is 0.794. The van der Waals surface area contributed by atoms with Crippen molar-refractivity contribution in [2.45, 2.75) is 139 Å². The van der Waals surface area contributed by atoms with Gasteiger partial charge in [0.25, 0.3) is 5.91 Å². The molecule has 1 heterocycles. The van der Waals surface area contributed by atoms with Gasteiger partial charge >= 0.3 is 6.03 Å². The standard InChI is InChI=1S/C34H53N5O8S/c1-19(2)24(36-30(45)38-33(13-9-8-10-14-33)18-48(46,47)31(3,4)5)29(44)39-17-22-23(32(22,6)7)25(39)27(42)37-34(15-21(40)16-34)26(41)28(43)35-20-11-12-20/h20-25,40H,1,8-18H2,2-7H3,(H,35,43)(H,37,42)(H2,36,38,45)/t21?,22-,23-,24-,25-,34?/m0/s1. The first-order chi connectivity index (χ1) is 22.1. The zero-order valence-electron chi connectivity index (χ0n) is 29.1. The highest BCUT2D eigenvalue weighted by atomic mass is 32.2. The van der Waals surface area contributed by atoms with Crippen molar-refractivity contribution in [3.8, 4) is 0 Å². The summed E-state index contributed by atoms with van der Waals surface area (Å²) in [6.07, 6.45) is 3.94. The zero-order valence-corrected chi connectivity index (χ0v) is 29.9. The molecule has 13 nitrogen and oxygen atoms in total. The molecule has 5 aliphatic rings. The Hall–Kier alpha value is -3.00. The molecule has 48 heavy (non-hydrogen) atoms. The summed E-state index contributed by atoms with van der Waals surface area (Å²) in [5.74, 6) is -3.16. The summed E-state index contributed by atoms with van der Waals surface area (Å²) in [7, 11) is -3.58. The van der Waals surface area contributed by atoms with Gasteiger partial charge in [-0.1, -0.05) is 39.7 Å². The monoisotopic (exact) mass is 691 g/mol. The highest BCUT2D eigenvalue weighted by molar-refractivity contribution is 7.92. The van der Waals surface area contributed by atoms with Crippen LogP contribution in [0.15, 0.2) is 12.2 Å². The molecule has 0 aromatic carbocycles. The van der Waals surface area contributed by atoms with E-state index in [1.165, 1.54) is 4.90 Å². The molecule has 0 unspecified atom stereocenters. The molecule has 14 heteroatoms. The van der Waals surface area contributed by atoms with Gasteiger partial charge in [-0.25, -0.2) is 13.2 Å². The number of carbonyl (C=O) groups excluding carboxylic acids is 5. The maximum absolute atomic E-state index is 14.2. The number of likely N-dealkylation sites (tertiary alicyclic amines) is 1. The number of aliphatic hydroxyl groups is 1. The fourth-order valence-electron chi connectivity index (χ4n) is 7.99. The van der Waals surface area contributed by atoms with Crippen molar-refractivity contribution in [1.29, 1.82) is 0 Å². The van der Waals surface area contributed by atoms with Crippen molar-refractivity contribution in [2.24, 2.45) is 17.3 Å². The molecule has 5 N–H and O–H groups in total. The third-order valence-electron chi connectivity index (χ3n) is 11.4. The third kappa shape index (κ3) is 6.88. The van der Waals surface area contributed by atoms with Crippen molar-refractivity contribution in [3.63, 3.8) is 0 Å². The molecule has 4 aliphatic carbocycles. The second-order valence-corrected chi connectivity index (χ2v) is 19.4. The number of carbonyl (C=O) groups is 5. The number of Topliss-reactive ketones (excluding diaryl/α,β-unsaturated/α-hetero) is 1. The van der Waals surface area contributed by atoms with Crippen molar-refractivity contribution in [2.75, 3.05) is 12.3 Å². The van der Waals surface area contributed by atoms with Crippen molar-refractivity contribution >= 4 is 39.4 Å². The molecule has 0 spiro atoms. The van der Waals surface area contributed by atoms with Gasteiger partial charge in [-0.15, -0.1) is 0 Å². The summed E-state index contributed by atoms with van der Waals surface area (Å²) in [6, 6.07) is -2.93. The van der Waals surface area contributed by atoms with E-state index < -0.39 is 73.4 Å². The Bertz CT molecular complexity index is 1480. The Labute approximate surface area is 283 Å². The van der Waals surface area contributed by atoms with E-state index in [1.54, 1.807) is 27.7 Å². The molecule has 1 saturated heterocycles. The number of ketones is 1. The molecule has 5 fully saturated rings. The summed E-state index contributed by atoms with van der Waals surface area (Å²) in [6.45, 7) is 14.7. The van der Waals surface area contributed by atoms with Crippen LogP contribution < -0.4 is 21.3 Å².